The number of amides is 1. The van der Waals surface area contributed by atoms with E-state index in [1.165, 1.54) is 12.1 Å². The number of carbonyl (C=O) groups is 1. The van der Waals surface area contributed by atoms with Crippen molar-refractivity contribution in [3.63, 3.8) is 0 Å². The second-order valence-electron chi connectivity index (χ2n) is 12.0. The zero-order chi connectivity index (χ0) is 30.7. The Morgan fingerprint density at radius 3 is 2.34 bits per heavy atom. The van der Waals surface area contributed by atoms with Crippen molar-refractivity contribution >= 4 is 22.2 Å². The van der Waals surface area contributed by atoms with Crippen molar-refractivity contribution in [1.82, 2.24) is 10.3 Å². The minimum absolute atomic E-state index is 0.0664. The second-order valence-corrected chi connectivity index (χ2v) is 14.5. The van der Waals surface area contributed by atoms with Gasteiger partial charge in [0, 0.05) is 55.0 Å². The molecule has 2 saturated heterocycles. The van der Waals surface area contributed by atoms with Gasteiger partial charge in [0.05, 0.1) is 17.6 Å². The molecular weight excluding hydrogens is 583 g/mol. The lowest BCUT2D eigenvalue weighted by Crippen LogP contribution is -2.45. The van der Waals surface area contributed by atoms with Crippen LogP contribution in [0.25, 0.3) is 22.7 Å². The molecule has 2 aromatic carbocycles. The van der Waals surface area contributed by atoms with E-state index in [1.54, 1.807) is 12.1 Å². The van der Waals surface area contributed by atoms with Crippen LogP contribution in [0.2, 0.25) is 0 Å². The molecule has 44 heavy (non-hydrogen) atoms. The zero-order valence-electron chi connectivity index (χ0n) is 24.7. The van der Waals surface area contributed by atoms with Gasteiger partial charge in [-0.25, -0.2) is 9.37 Å². The summed E-state index contributed by atoms with van der Waals surface area (Å²) < 4.78 is 45.7. The predicted octanol–water partition coefficient (Wildman–Crippen LogP) is 6.43. The van der Waals surface area contributed by atoms with E-state index in [0.29, 0.717) is 67.1 Å². The highest BCUT2D eigenvalue weighted by molar-refractivity contribution is 8.24. The molecule has 2 aliphatic heterocycles. The highest BCUT2D eigenvalue weighted by Crippen LogP contribution is 2.45. The monoisotopic (exact) mass is 622 g/mol. The number of oxazole rings is 1. The molecule has 3 atom stereocenters. The number of ether oxygens (including phenoxy) is 1. The van der Waals surface area contributed by atoms with E-state index in [0.717, 1.165) is 43.4 Å². The van der Waals surface area contributed by atoms with Crippen LogP contribution in [-0.4, -0.2) is 63.8 Å². The molecule has 0 unspecified atom stereocenters. The molecular formula is C33H39FN4O5S. The Morgan fingerprint density at radius 2 is 1.66 bits per heavy atom. The van der Waals surface area contributed by atoms with Gasteiger partial charge in [0.25, 0.3) is 0 Å². The quantitative estimate of drug-likeness (QED) is 0.275. The summed E-state index contributed by atoms with van der Waals surface area (Å²) in [6.45, 7) is 2.34. The largest absolute Gasteiger partial charge is 0.440 e. The number of carbonyl (C=O) groups excluding carboxylic acids is 1. The van der Waals surface area contributed by atoms with Crippen molar-refractivity contribution in [2.75, 3.05) is 42.7 Å². The highest BCUT2D eigenvalue weighted by Gasteiger charge is 2.38. The van der Waals surface area contributed by atoms with Gasteiger partial charge in [-0.2, -0.15) is 15.9 Å². The minimum Gasteiger partial charge on any atom is -0.440 e. The SMILES string of the molecule is N#C[C@H](NC(=O)[C@@H]1CCCC[C@H]1c1oc(-c2ccc(F)cc2)nc1-c1ccc(N2CCS(O)(O)CC2)cc1)C1CCOCC1. The molecule has 1 aliphatic carbocycles. The van der Waals surface area contributed by atoms with Crippen LogP contribution in [0.3, 0.4) is 0 Å². The molecule has 3 fully saturated rings. The summed E-state index contributed by atoms with van der Waals surface area (Å²) in [6.07, 6.45) is 4.77. The van der Waals surface area contributed by atoms with Crippen LogP contribution in [-0.2, 0) is 9.53 Å². The van der Waals surface area contributed by atoms with E-state index in [4.69, 9.17) is 14.1 Å². The Hall–Kier alpha value is -3.43. The average molecular weight is 623 g/mol. The summed E-state index contributed by atoms with van der Waals surface area (Å²) in [5, 5.41) is 13.0. The third kappa shape index (κ3) is 6.79. The number of hydrogen-bond acceptors (Lipinski definition) is 8. The van der Waals surface area contributed by atoms with E-state index < -0.39 is 16.6 Å². The first kappa shape index (κ1) is 30.6. The van der Waals surface area contributed by atoms with E-state index in [9.17, 15) is 23.6 Å². The Kier molecular flexibility index (Phi) is 9.23. The van der Waals surface area contributed by atoms with Crippen LogP contribution in [0.1, 0.15) is 50.2 Å². The van der Waals surface area contributed by atoms with Crippen LogP contribution >= 0.6 is 10.6 Å². The van der Waals surface area contributed by atoms with E-state index in [-0.39, 0.29) is 29.5 Å². The van der Waals surface area contributed by atoms with Crippen molar-refractivity contribution in [2.24, 2.45) is 11.8 Å². The molecule has 1 amide bonds. The lowest BCUT2D eigenvalue weighted by Gasteiger charge is -2.41. The molecule has 234 valence electrons. The van der Waals surface area contributed by atoms with Crippen molar-refractivity contribution in [3.8, 4) is 28.8 Å². The summed E-state index contributed by atoms with van der Waals surface area (Å²) in [6, 6.07) is 15.7. The maximum Gasteiger partial charge on any atom is 0.226 e. The molecule has 0 radical (unpaired) electrons. The van der Waals surface area contributed by atoms with Crippen LogP contribution in [0, 0.1) is 29.0 Å². The van der Waals surface area contributed by atoms with Gasteiger partial charge in [0.1, 0.15) is 23.3 Å². The Labute approximate surface area is 258 Å². The molecule has 6 rings (SSSR count). The number of benzene rings is 2. The highest BCUT2D eigenvalue weighted by atomic mass is 32.3. The van der Waals surface area contributed by atoms with Gasteiger partial charge >= 0.3 is 0 Å². The summed E-state index contributed by atoms with van der Waals surface area (Å²) in [5.41, 5.74) is 3.11. The van der Waals surface area contributed by atoms with Gasteiger partial charge in [0.2, 0.25) is 11.8 Å². The number of halogens is 1. The number of anilines is 1. The fourth-order valence-corrected chi connectivity index (χ4v) is 7.87. The van der Waals surface area contributed by atoms with Crippen molar-refractivity contribution < 1.29 is 27.4 Å². The molecule has 3 N–H and O–H groups in total. The first-order chi connectivity index (χ1) is 21.3. The van der Waals surface area contributed by atoms with E-state index in [1.807, 2.05) is 24.3 Å². The first-order valence-electron chi connectivity index (χ1n) is 15.4. The smallest absolute Gasteiger partial charge is 0.226 e. The Bertz CT molecular complexity index is 1470. The van der Waals surface area contributed by atoms with Gasteiger partial charge < -0.3 is 19.4 Å². The number of rotatable bonds is 7. The number of nitrogens with zero attached hydrogens (tertiary/aromatic N) is 3. The zero-order valence-corrected chi connectivity index (χ0v) is 25.5. The normalized spacial score (nSPS) is 23.8. The van der Waals surface area contributed by atoms with Crippen LogP contribution in [0.4, 0.5) is 10.1 Å². The van der Waals surface area contributed by atoms with Crippen molar-refractivity contribution in [3.05, 3.63) is 60.1 Å². The average Bonchev–Trinajstić information content (AvgIpc) is 3.50. The van der Waals surface area contributed by atoms with Crippen LogP contribution in [0.15, 0.2) is 52.9 Å². The summed E-state index contributed by atoms with van der Waals surface area (Å²) in [7, 11) is -2.49. The van der Waals surface area contributed by atoms with Gasteiger partial charge in [0.15, 0.2) is 0 Å². The third-order valence-corrected chi connectivity index (χ3v) is 10.9. The van der Waals surface area contributed by atoms with Gasteiger partial charge in [-0.3, -0.25) is 13.9 Å². The van der Waals surface area contributed by atoms with Crippen molar-refractivity contribution in [1.29, 1.82) is 5.26 Å². The summed E-state index contributed by atoms with van der Waals surface area (Å²) in [4.78, 5) is 20.8. The van der Waals surface area contributed by atoms with Crippen molar-refractivity contribution in [2.45, 2.75) is 50.5 Å². The standard InChI is InChI=1S/C33H39FN4O5S/c34-25-9-5-24(6-10-25)33-37-30(23-7-11-26(12-8-23)38-15-19-44(40,41)20-16-38)31(43-33)27-3-1-2-4-28(27)32(39)36-29(21-35)22-13-17-42-18-14-22/h5-12,22,27-29,40-41H,1-4,13-20H2,(H,36,39)/t27-,28-,29+/m1/s1. The van der Waals surface area contributed by atoms with Crippen LogP contribution in [0.5, 0.6) is 0 Å². The van der Waals surface area contributed by atoms with Gasteiger partial charge in [-0.1, -0.05) is 25.0 Å². The van der Waals surface area contributed by atoms with Gasteiger partial charge in [-0.05, 0) is 68.0 Å². The molecule has 0 bridgehead atoms. The number of nitriles is 1. The molecule has 1 aromatic heterocycles. The molecule has 0 spiro atoms. The fraction of sp³-hybridized carbons (Fsp3) is 0.485. The maximum absolute atomic E-state index is 13.8. The minimum atomic E-state index is -2.49. The molecule has 1 saturated carbocycles. The molecule has 3 aliphatic rings. The van der Waals surface area contributed by atoms with Crippen LogP contribution < -0.4 is 10.2 Å². The third-order valence-electron chi connectivity index (χ3n) is 9.24. The molecule has 9 nitrogen and oxygen atoms in total. The lowest BCUT2D eigenvalue weighted by atomic mass is 9.76. The molecule has 3 heterocycles. The lowest BCUT2D eigenvalue weighted by molar-refractivity contribution is -0.127. The van der Waals surface area contributed by atoms with Gasteiger partial charge in [-0.15, -0.1) is 0 Å². The molecule has 11 heteroatoms. The summed E-state index contributed by atoms with van der Waals surface area (Å²) >= 11 is 0. The second kappa shape index (κ2) is 13.3. The Morgan fingerprint density at radius 1 is 1.00 bits per heavy atom. The topological polar surface area (TPSA) is 132 Å². The predicted molar refractivity (Wildman–Crippen MR) is 168 cm³/mol. The number of nitrogens with one attached hydrogen (secondary N) is 1. The molecule has 3 aromatic rings. The van der Waals surface area contributed by atoms with E-state index >= 15 is 0 Å². The number of hydrogen-bond donors (Lipinski definition) is 3. The maximum atomic E-state index is 13.8. The summed E-state index contributed by atoms with van der Waals surface area (Å²) in [5.74, 6) is 0.675. The fourth-order valence-electron chi connectivity index (χ4n) is 6.64. The Balaban J connectivity index is 1.30. The number of aromatic nitrogens is 1. The van der Waals surface area contributed by atoms with E-state index in [2.05, 4.69) is 16.3 Å². The first-order valence-corrected chi connectivity index (χ1v) is 17.3.